The molecule has 1 fully saturated rings. The number of aromatic amines is 1. The number of rotatable bonds is 2. The highest BCUT2D eigenvalue weighted by Gasteiger charge is 2.63. The standard InChI is InChI=1S/C10H14N2O2/c1-5-4-6(12-11-5)7-8(9(13)14)10(7,2)3/h4,7-8H,1-3H3,(H,11,12)(H,13,14)/t7-,8+/m1/s1. The highest BCUT2D eigenvalue weighted by atomic mass is 16.4. The maximum absolute atomic E-state index is 10.9. The van der Waals surface area contributed by atoms with Gasteiger partial charge in [0, 0.05) is 11.6 Å². The molecule has 0 aromatic carbocycles. The number of H-pyrrole nitrogens is 1. The highest BCUT2D eigenvalue weighted by molar-refractivity contribution is 5.77. The molecule has 4 nitrogen and oxygen atoms in total. The fourth-order valence-corrected chi connectivity index (χ4v) is 2.25. The van der Waals surface area contributed by atoms with Gasteiger partial charge in [-0.05, 0) is 18.4 Å². The Kier molecular flexibility index (Phi) is 1.71. The van der Waals surface area contributed by atoms with Gasteiger partial charge in [-0.15, -0.1) is 0 Å². The molecule has 0 aliphatic heterocycles. The van der Waals surface area contributed by atoms with E-state index < -0.39 is 5.97 Å². The second kappa shape index (κ2) is 2.59. The molecule has 0 amide bonds. The van der Waals surface area contributed by atoms with E-state index in [1.165, 1.54) is 0 Å². The van der Waals surface area contributed by atoms with Crippen molar-refractivity contribution in [1.82, 2.24) is 10.2 Å². The molecule has 2 rings (SSSR count). The van der Waals surface area contributed by atoms with Gasteiger partial charge in [-0.2, -0.15) is 5.10 Å². The van der Waals surface area contributed by atoms with Crippen molar-refractivity contribution in [3.8, 4) is 0 Å². The summed E-state index contributed by atoms with van der Waals surface area (Å²) in [7, 11) is 0. The predicted octanol–water partition coefficient (Wildman–Crippen LogP) is 1.54. The lowest BCUT2D eigenvalue weighted by Crippen LogP contribution is -2.03. The smallest absolute Gasteiger partial charge is 0.307 e. The monoisotopic (exact) mass is 194 g/mol. The van der Waals surface area contributed by atoms with Crippen LogP contribution >= 0.6 is 0 Å². The SMILES string of the molecule is Cc1cc([C@@H]2[C@@H](C(=O)O)C2(C)C)n[nH]1. The van der Waals surface area contributed by atoms with Gasteiger partial charge in [-0.3, -0.25) is 9.89 Å². The van der Waals surface area contributed by atoms with Gasteiger partial charge < -0.3 is 5.11 Å². The maximum Gasteiger partial charge on any atom is 0.307 e. The van der Waals surface area contributed by atoms with Crippen LogP contribution in [0.4, 0.5) is 0 Å². The van der Waals surface area contributed by atoms with Gasteiger partial charge in [0.05, 0.1) is 11.6 Å². The molecule has 1 heterocycles. The number of aliphatic carboxylic acids is 1. The summed E-state index contributed by atoms with van der Waals surface area (Å²) in [6.45, 7) is 5.86. The number of carbonyl (C=O) groups is 1. The summed E-state index contributed by atoms with van der Waals surface area (Å²) < 4.78 is 0. The lowest BCUT2D eigenvalue weighted by molar-refractivity contribution is -0.139. The zero-order valence-corrected chi connectivity index (χ0v) is 8.53. The number of aryl methyl sites for hydroxylation is 1. The Hall–Kier alpha value is -1.32. The molecule has 0 radical (unpaired) electrons. The van der Waals surface area contributed by atoms with Crippen molar-refractivity contribution in [2.75, 3.05) is 0 Å². The zero-order valence-electron chi connectivity index (χ0n) is 8.53. The molecule has 2 atom stereocenters. The Morgan fingerprint density at radius 3 is 2.64 bits per heavy atom. The first-order valence-electron chi connectivity index (χ1n) is 4.69. The lowest BCUT2D eigenvalue weighted by atomic mass is 10.1. The number of hydrogen-bond donors (Lipinski definition) is 2. The summed E-state index contributed by atoms with van der Waals surface area (Å²) in [6.07, 6.45) is 0. The van der Waals surface area contributed by atoms with Gasteiger partial charge in [-0.25, -0.2) is 0 Å². The lowest BCUT2D eigenvalue weighted by Gasteiger charge is -1.97. The average molecular weight is 194 g/mol. The molecule has 1 aromatic heterocycles. The largest absolute Gasteiger partial charge is 0.481 e. The van der Waals surface area contributed by atoms with Crippen molar-refractivity contribution in [1.29, 1.82) is 0 Å². The van der Waals surface area contributed by atoms with E-state index in [0.29, 0.717) is 0 Å². The van der Waals surface area contributed by atoms with Crippen molar-refractivity contribution in [2.45, 2.75) is 26.7 Å². The maximum atomic E-state index is 10.9. The van der Waals surface area contributed by atoms with E-state index in [1.54, 1.807) is 0 Å². The first-order chi connectivity index (χ1) is 6.44. The van der Waals surface area contributed by atoms with Crippen LogP contribution in [0.5, 0.6) is 0 Å². The molecular formula is C10H14N2O2. The van der Waals surface area contributed by atoms with Crippen LogP contribution < -0.4 is 0 Å². The van der Waals surface area contributed by atoms with Crippen molar-refractivity contribution in [3.05, 3.63) is 17.5 Å². The van der Waals surface area contributed by atoms with Gasteiger partial charge >= 0.3 is 5.97 Å². The first kappa shape index (κ1) is 9.24. The van der Waals surface area contributed by atoms with Crippen molar-refractivity contribution in [2.24, 2.45) is 11.3 Å². The normalized spacial score (nSPS) is 28.8. The first-order valence-corrected chi connectivity index (χ1v) is 4.69. The molecule has 1 saturated carbocycles. The van der Waals surface area contributed by atoms with E-state index in [4.69, 9.17) is 5.11 Å². The molecule has 76 valence electrons. The number of aromatic nitrogens is 2. The quantitative estimate of drug-likeness (QED) is 0.750. The summed E-state index contributed by atoms with van der Waals surface area (Å²) in [5.41, 5.74) is 1.69. The molecular weight excluding hydrogens is 180 g/mol. The van der Waals surface area contributed by atoms with Crippen LogP contribution in [0.3, 0.4) is 0 Å². The molecule has 0 bridgehead atoms. The number of nitrogens with zero attached hydrogens (tertiary/aromatic N) is 1. The second-order valence-electron chi connectivity index (χ2n) is 4.59. The average Bonchev–Trinajstić information content (AvgIpc) is 2.42. The van der Waals surface area contributed by atoms with E-state index in [1.807, 2.05) is 26.8 Å². The third-order valence-corrected chi connectivity index (χ3v) is 3.14. The van der Waals surface area contributed by atoms with Gasteiger partial charge in [0.1, 0.15) is 0 Å². The minimum atomic E-state index is -0.722. The molecule has 1 aromatic rings. The molecule has 0 saturated heterocycles. The Morgan fingerprint density at radius 2 is 2.29 bits per heavy atom. The Morgan fingerprint density at radius 1 is 1.64 bits per heavy atom. The fourth-order valence-electron chi connectivity index (χ4n) is 2.25. The Balaban J connectivity index is 2.27. The summed E-state index contributed by atoms with van der Waals surface area (Å²) in [5.74, 6) is -0.948. The van der Waals surface area contributed by atoms with E-state index in [9.17, 15) is 4.79 Å². The fraction of sp³-hybridized carbons (Fsp3) is 0.600. The zero-order chi connectivity index (χ0) is 10.5. The van der Waals surface area contributed by atoms with Crippen LogP contribution in [0.25, 0.3) is 0 Å². The summed E-state index contributed by atoms with van der Waals surface area (Å²) >= 11 is 0. The Labute approximate surface area is 82.3 Å². The van der Waals surface area contributed by atoms with Gasteiger partial charge in [-0.1, -0.05) is 13.8 Å². The number of nitrogens with one attached hydrogen (secondary N) is 1. The molecule has 1 aliphatic rings. The third kappa shape index (κ3) is 1.14. The van der Waals surface area contributed by atoms with Crippen LogP contribution in [-0.2, 0) is 4.79 Å². The van der Waals surface area contributed by atoms with Gasteiger partial charge in [0.15, 0.2) is 0 Å². The number of hydrogen-bond acceptors (Lipinski definition) is 2. The van der Waals surface area contributed by atoms with E-state index in [-0.39, 0.29) is 17.3 Å². The molecule has 0 unspecified atom stereocenters. The van der Waals surface area contributed by atoms with Crippen molar-refractivity contribution >= 4 is 5.97 Å². The number of carboxylic acid groups (broad SMARTS) is 1. The minimum absolute atomic E-state index is 0.0601. The van der Waals surface area contributed by atoms with Crippen LogP contribution in [0, 0.1) is 18.3 Å². The molecule has 2 N–H and O–H groups in total. The van der Waals surface area contributed by atoms with E-state index in [2.05, 4.69) is 10.2 Å². The molecule has 1 aliphatic carbocycles. The van der Waals surface area contributed by atoms with Gasteiger partial charge in [0.25, 0.3) is 0 Å². The van der Waals surface area contributed by atoms with Gasteiger partial charge in [0.2, 0.25) is 0 Å². The van der Waals surface area contributed by atoms with E-state index in [0.717, 1.165) is 11.4 Å². The Bertz CT molecular complexity index is 381. The summed E-state index contributed by atoms with van der Waals surface area (Å²) in [5, 5.41) is 16.0. The number of carboxylic acids is 1. The van der Waals surface area contributed by atoms with Crippen molar-refractivity contribution < 1.29 is 9.90 Å². The molecule has 0 spiro atoms. The minimum Gasteiger partial charge on any atom is -0.481 e. The van der Waals surface area contributed by atoms with Crippen LogP contribution in [0.1, 0.15) is 31.2 Å². The van der Waals surface area contributed by atoms with Crippen molar-refractivity contribution in [3.63, 3.8) is 0 Å². The van der Waals surface area contributed by atoms with Crippen LogP contribution in [0.15, 0.2) is 6.07 Å². The van der Waals surface area contributed by atoms with Crippen LogP contribution in [-0.4, -0.2) is 21.3 Å². The van der Waals surface area contributed by atoms with E-state index >= 15 is 0 Å². The second-order valence-corrected chi connectivity index (χ2v) is 4.59. The molecule has 14 heavy (non-hydrogen) atoms. The summed E-state index contributed by atoms with van der Waals surface area (Å²) in [4.78, 5) is 10.9. The highest BCUT2D eigenvalue weighted by Crippen LogP contribution is 2.63. The summed E-state index contributed by atoms with van der Waals surface area (Å²) in [6, 6.07) is 1.93. The third-order valence-electron chi connectivity index (χ3n) is 3.14. The van der Waals surface area contributed by atoms with Crippen LogP contribution in [0.2, 0.25) is 0 Å². The molecule has 4 heteroatoms. The topological polar surface area (TPSA) is 66.0 Å². The predicted molar refractivity (Wildman–Crippen MR) is 51.0 cm³/mol.